The summed E-state index contributed by atoms with van der Waals surface area (Å²) in [6.07, 6.45) is 5.34. The lowest BCUT2D eigenvalue weighted by molar-refractivity contribution is -0.141. The first kappa shape index (κ1) is 16.2. The second kappa shape index (κ2) is 7.65. The van der Waals surface area contributed by atoms with Crippen LogP contribution in [0.5, 0.6) is 0 Å². The lowest BCUT2D eigenvalue weighted by Gasteiger charge is -2.20. The van der Waals surface area contributed by atoms with Crippen LogP contribution in [0.15, 0.2) is 12.2 Å². The fourth-order valence-electron chi connectivity index (χ4n) is 2.62. The molecule has 1 fully saturated rings. The Balaban J connectivity index is 2.63. The minimum absolute atomic E-state index is 0.0607. The molecule has 0 spiro atoms. The van der Waals surface area contributed by atoms with Crippen molar-refractivity contribution in [2.24, 2.45) is 17.8 Å². The van der Waals surface area contributed by atoms with E-state index in [1.807, 2.05) is 6.08 Å². The van der Waals surface area contributed by atoms with Gasteiger partial charge in [-0.05, 0) is 18.3 Å². The standard InChI is InChI=1S/C15H26O4/c1-4-10(2)5-6-11-12(7-8-15(18)19-3)14(17)9-13(11)16/h5-6,10-14,16-17H,4,7-9H2,1-3H3/b6-5+/t10-,11-,12-,13-,14+/m1/s1. The number of esters is 1. The Hall–Kier alpha value is -0.870. The van der Waals surface area contributed by atoms with Gasteiger partial charge < -0.3 is 14.9 Å². The van der Waals surface area contributed by atoms with Crippen LogP contribution in [0.2, 0.25) is 0 Å². The number of carbonyl (C=O) groups is 1. The summed E-state index contributed by atoms with van der Waals surface area (Å²) in [4.78, 5) is 11.2. The van der Waals surface area contributed by atoms with Crippen LogP contribution in [0.4, 0.5) is 0 Å². The fourth-order valence-corrected chi connectivity index (χ4v) is 2.62. The number of carbonyl (C=O) groups excluding carboxylic acids is 1. The molecule has 4 heteroatoms. The van der Waals surface area contributed by atoms with Gasteiger partial charge in [0.15, 0.2) is 0 Å². The topological polar surface area (TPSA) is 66.8 Å². The van der Waals surface area contributed by atoms with Crippen molar-refractivity contribution in [2.45, 2.75) is 51.7 Å². The predicted octanol–water partition coefficient (Wildman–Crippen LogP) is 1.90. The van der Waals surface area contributed by atoms with Crippen molar-refractivity contribution in [1.82, 2.24) is 0 Å². The minimum Gasteiger partial charge on any atom is -0.469 e. The molecule has 0 bridgehead atoms. The average molecular weight is 270 g/mol. The van der Waals surface area contributed by atoms with E-state index in [4.69, 9.17) is 0 Å². The van der Waals surface area contributed by atoms with Crippen molar-refractivity contribution in [2.75, 3.05) is 7.11 Å². The molecule has 110 valence electrons. The Morgan fingerprint density at radius 3 is 2.68 bits per heavy atom. The molecule has 1 aliphatic rings. The lowest BCUT2D eigenvalue weighted by atomic mass is 9.88. The number of aliphatic hydroxyl groups excluding tert-OH is 2. The number of hydrogen-bond donors (Lipinski definition) is 2. The van der Waals surface area contributed by atoms with E-state index in [-0.39, 0.29) is 17.8 Å². The monoisotopic (exact) mass is 270 g/mol. The van der Waals surface area contributed by atoms with Crippen LogP contribution in [0.1, 0.15) is 39.5 Å². The molecule has 0 amide bonds. The number of rotatable bonds is 6. The third kappa shape index (κ3) is 4.62. The van der Waals surface area contributed by atoms with Gasteiger partial charge in [-0.3, -0.25) is 4.79 Å². The number of allylic oxidation sites excluding steroid dienone is 1. The molecule has 1 aliphatic carbocycles. The van der Waals surface area contributed by atoms with E-state index < -0.39 is 12.2 Å². The van der Waals surface area contributed by atoms with Gasteiger partial charge in [-0.2, -0.15) is 0 Å². The fraction of sp³-hybridized carbons (Fsp3) is 0.800. The molecule has 0 aromatic rings. The molecular formula is C15H26O4. The van der Waals surface area contributed by atoms with Crippen LogP contribution in [0.3, 0.4) is 0 Å². The summed E-state index contributed by atoms with van der Waals surface area (Å²) in [7, 11) is 1.36. The summed E-state index contributed by atoms with van der Waals surface area (Å²) >= 11 is 0. The van der Waals surface area contributed by atoms with Gasteiger partial charge in [-0.25, -0.2) is 0 Å². The second-order valence-corrected chi connectivity index (χ2v) is 5.50. The van der Waals surface area contributed by atoms with E-state index in [0.717, 1.165) is 6.42 Å². The zero-order chi connectivity index (χ0) is 14.4. The summed E-state index contributed by atoms with van der Waals surface area (Å²) in [5.41, 5.74) is 0. The van der Waals surface area contributed by atoms with Crippen LogP contribution in [-0.4, -0.2) is 35.5 Å². The summed E-state index contributed by atoms with van der Waals surface area (Å²) in [5.74, 6) is 0.0764. The zero-order valence-corrected chi connectivity index (χ0v) is 12.1. The highest BCUT2D eigenvalue weighted by Gasteiger charge is 2.40. The van der Waals surface area contributed by atoms with Crippen LogP contribution in [0.25, 0.3) is 0 Å². The van der Waals surface area contributed by atoms with Gasteiger partial charge in [0.2, 0.25) is 0 Å². The first-order chi connectivity index (χ1) is 8.99. The van der Waals surface area contributed by atoms with Gasteiger partial charge in [0.25, 0.3) is 0 Å². The largest absolute Gasteiger partial charge is 0.469 e. The van der Waals surface area contributed by atoms with Crippen molar-refractivity contribution in [1.29, 1.82) is 0 Å². The summed E-state index contributed by atoms with van der Waals surface area (Å²) < 4.78 is 4.62. The molecule has 1 rings (SSSR count). The SMILES string of the molecule is CC[C@@H](C)/C=C/[C@@H]1[C@@H](CCC(=O)OC)[C@@H](O)C[C@H]1O. The second-order valence-electron chi connectivity index (χ2n) is 5.50. The van der Waals surface area contributed by atoms with E-state index in [2.05, 4.69) is 24.7 Å². The van der Waals surface area contributed by atoms with Gasteiger partial charge in [0.1, 0.15) is 0 Å². The first-order valence-corrected chi connectivity index (χ1v) is 7.10. The Morgan fingerprint density at radius 1 is 1.42 bits per heavy atom. The van der Waals surface area contributed by atoms with Crippen molar-refractivity contribution in [3.63, 3.8) is 0 Å². The highest BCUT2D eigenvalue weighted by Crippen LogP contribution is 2.37. The molecule has 0 radical (unpaired) electrons. The van der Waals surface area contributed by atoms with E-state index in [1.165, 1.54) is 7.11 Å². The van der Waals surface area contributed by atoms with Crippen molar-refractivity contribution >= 4 is 5.97 Å². The number of ether oxygens (including phenoxy) is 1. The molecule has 5 atom stereocenters. The Bertz CT molecular complexity index is 313. The van der Waals surface area contributed by atoms with E-state index >= 15 is 0 Å². The molecule has 1 saturated carbocycles. The minimum atomic E-state index is -0.536. The highest BCUT2D eigenvalue weighted by atomic mass is 16.5. The first-order valence-electron chi connectivity index (χ1n) is 7.10. The molecular weight excluding hydrogens is 244 g/mol. The zero-order valence-electron chi connectivity index (χ0n) is 12.1. The number of methoxy groups -OCH3 is 1. The molecule has 0 aromatic heterocycles. The summed E-state index contributed by atoms with van der Waals surface area (Å²) in [6.45, 7) is 4.24. The summed E-state index contributed by atoms with van der Waals surface area (Å²) in [5, 5.41) is 20.0. The van der Waals surface area contributed by atoms with E-state index in [1.54, 1.807) is 0 Å². The normalized spacial score (nSPS) is 32.7. The predicted molar refractivity (Wildman–Crippen MR) is 73.5 cm³/mol. The lowest BCUT2D eigenvalue weighted by Crippen LogP contribution is -2.21. The molecule has 0 aromatic carbocycles. The van der Waals surface area contributed by atoms with Crippen molar-refractivity contribution in [3.05, 3.63) is 12.2 Å². The molecule has 0 heterocycles. The number of hydrogen-bond acceptors (Lipinski definition) is 4. The molecule has 19 heavy (non-hydrogen) atoms. The molecule has 4 nitrogen and oxygen atoms in total. The van der Waals surface area contributed by atoms with Gasteiger partial charge in [-0.1, -0.05) is 32.4 Å². The third-order valence-corrected chi connectivity index (χ3v) is 4.13. The van der Waals surface area contributed by atoms with Crippen molar-refractivity contribution in [3.8, 4) is 0 Å². The Labute approximate surface area is 115 Å². The third-order valence-electron chi connectivity index (χ3n) is 4.13. The maximum Gasteiger partial charge on any atom is 0.305 e. The van der Waals surface area contributed by atoms with Gasteiger partial charge in [-0.15, -0.1) is 0 Å². The molecule has 0 saturated heterocycles. The quantitative estimate of drug-likeness (QED) is 0.571. The van der Waals surface area contributed by atoms with Crippen LogP contribution >= 0.6 is 0 Å². The molecule has 0 unspecified atom stereocenters. The average Bonchev–Trinajstić information content (AvgIpc) is 2.67. The van der Waals surface area contributed by atoms with Crippen LogP contribution in [0, 0.1) is 17.8 Å². The van der Waals surface area contributed by atoms with Gasteiger partial charge in [0.05, 0.1) is 19.3 Å². The smallest absolute Gasteiger partial charge is 0.305 e. The van der Waals surface area contributed by atoms with E-state index in [9.17, 15) is 15.0 Å². The number of aliphatic hydroxyl groups is 2. The maximum atomic E-state index is 11.2. The summed E-state index contributed by atoms with van der Waals surface area (Å²) in [6, 6.07) is 0. The van der Waals surface area contributed by atoms with Gasteiger partial charge >= 0.3 is 5.97 Å². The molecule has 0 aliphatic heterocycles. The highest BCUT2D eigenvalue weighted by molar-refractivity contribution is 5.69. The van der Waals surface area contributed by atoms with Crippen LogP contribution < -0.4 is 0 Å². The van der Waals surface area contributed by atoms with Crippen LogP contribution in [-0.2, 0) is 9.53 Å². The molecule has 2 N–H and O–H groups in total. The Kier molecular flexibility index (Phi) is 6.52. The van der Waals surface area contributed by atoms with E-state index in [0.29, 0.717) is 25.2 Å². The van der Waals surface area contributed by atoms with Crippen molar-refractivity contribution < 1.29 is 19.7 Å². The Morgan fingerprint density at radius 2 is 2.11 bits per heavy atom. The van der Waals surface area contributed by atoms with Gasteiger partial charge in [0, 0.05) is 18.8 Å². The maximum absolute atomic E-state index is 11.2.